The predicted molar refractivity (Wildman–Crippen MR) is 100 cm³/mol. The van der Waals surface area contributed by atoms with Crippen LogP contribution >= 0.6 is 0 Å². The fourth-order valence-corrected chi connectivity index (χ4v) is 3.08. The van der Waals surface area contributed by atoms with Crippen LogP contribution in [-0.4, -0.2) is 57.0 Å². The number of amides is 3. The molecule has 0 radical (unpaired) electrons. The van der Waals surface area contributed by atoms with Gasteiger partial charge in [-0.05, 0) is 32.4 Å². The zero-order valence-electron chi connectivity index (χ0n) is 15.8. The molecule has 2 aliphatic rings. The number of nitrogens with one attached hydrogen (secondary N) is 2. The van der Waals surface area contributed by atoms with Crippen molar-refractivity contribution in [1.29, 1.82) is 0 Å². The number of hydrogen-bond donors (Lipinski definition) is 2. The summed E-state index contributed by atoms with van der Waals surface area (Å²) in [5.41, 5.74) is 0.750. The SMILES string of the molecule is CC(C)OCCCNC(=O)NC1CC(=O)N(c2ccc3c(c2)OCCO3)C1. The maximum atomic E-state index is 12.4. The van der Waals surface area contributed by atoms with Gasteiger partial charge >= 0.3 is 6.03 Å². The lowest BCUT2D eigenvalue weighted by molar-refractivity contribution is -0.117. The first-order valence-electron chi connectivity index (χ1n) is 9.39. The van der Waals surface area contributed by atoms with E-state index >= 15 is 0 Å². The van der Waals surface area contributed by atoms with Crippen molar-refractivity contribution in [3.63, 3.8) is 0 Å². The molecule has 0 bridgehead atoms. The number of ether oxygens (including phenoxy) is 3. The molecule has 1 saturated heterocycles. The van der Waals surface area contributed by atoms with E-state index in [1.54, 1.807) is 4.90 Å². The van der Waals surface area contributed by atoms with Gasteiger partial charge in [0.15, 0.2) is 11.5 Å². The Kier molecular flexibility index (Phi) is 6.39. The quantitative estimate of drug-likeness (QED) is 0.706. The van der Waals surface area contributed by atoms with Crippen molar-refractivity contribution in [3.8, 4) is 11.5 Å². The van der Waals surface area contributed by atoms with Gasteiger partial charge in [0.2, 0.25) is 5.91 Å². The molecule has 8 heteroatoms. The van der Waals surface area contributed by atoms with Crippen LogP contribution in [0.15, 0.2) is 18.2 Å². The molecule has 0 saturated carbocycles. The number of urea groups is 1. The van der Waals surface area contributed by atoms with Crippen LogP contribution in [0.5, 0.6) is 11.5 Å². The van der Waals surface area contributed by atoms with Crippen molar-refractivity contribution < 1.29 is 23.8 Å². The van der Waals surface area contributed by atoms with Gasteiger partial charge < -0.3 is 29.7 Å². The van der Waals surface area contributed by atoms with Crippen LogP contribution in [0.3, 0.4) is 0 Å². The molecular formula is C19H27N3O5. The fraction of sp³-hybridized carbons (Fsp3) is 0.579. The lowest BCUT2D eigenvalue weighted by atomic mass is 10.2. The number of anilines is 1. The Bertz CT molecular complexity index is 679. The highest BCUT2D eigenvalue weighted by Gasteiger charge is 2.32. The molecule has 1 aromatic rings. The number of carbonyl (C=O) groups excluding carboxylic acids is 2. The lowest BCUT2D eigenvalue weighted by Crippen LogP contribution is -2.43. The van der Waals surface area contributed by atoms with Crippen LogP contribution < -0.4 is 25.0 Å². The molecular weight excluding hydrogens is 350 g/mol. The molecule has 27 heavy (non-hydrogen) atoms. The van der Waals surface area contributed by atoms with Crippen LogP contribution in [0, 0.1) is 0 Å². The molecule has 0 spiro atoms. The van der Waals surface area contributed by atoms with E-state index < -0.39 is 0 Å². The van der Waals surface area contributed by atoms with E-state index in [1.807, 2.05) is 32.0 Å². The Morgan fingerprint density at radius 1 is 1.30 bits per heavy atom. The Morgan fingerprint density at radius 2 is 2.07 bits per heavy atom. The first kappa shape index (κ1) is 19.3. The molecule has 2 aliphatic heterocycles. The highest BCUT2D eigenvalue weighted by atomic mass is 16.6. The second kappa shape index (κ2) is 8.94. The van der Waals surface area contributed by atoms with E-state index in [-0.39, 0.29) is 30.5 Å². The maximum absolute atomic E-state index is 12.4. The van der Waals surface area contributed by atoms with Crippen molar-refractivity contribution in [3.05, 3.63) is 18.2 Å². The molecule has 2 heterocycles. The standard InChI is InChI=1S/C19H27N3O5/c1-13(2)25-7-3-6-20-19(24)21-14-10-18(23)22(12-14)15-4-5-16-17(11-15)27-9-8-26-16/h4-5,11,13-14H,3,6-10,12H2,1-2H3,(H2,20,21,24). The zero-order chi connectivity index (χ0) is 19.2. The van der Waals surface area contributed by atoms with Gasteiger partial charge in [-0.25, -0.2) is 4.79 Å². The smallest absolute Gasteiger partial charge is 0.315 e. The number of carbonyl (C=O) groups is 2. The van der Waals surface area contributed by atoms with Gasteiger partial charge in [0, 0.05) is 37.9 Å². The molecule has 1 atom stereocenters. The molecule has 3 rings (SSSR count). The van der Waals surface area contributed by atoms with Gasteiger partial charge in [-0.2, -0.15) is 0 Å². The van der Waals surface area contributed by atoms with E-state index in [9.17, 15) is 9.59 Å². The molecule has 2 N–H and O–H groups in total. The minimum Gasteiger partial charge on any atom is -0.486 e. The summed E-state index contributed by atoms with van der Waals surface area (Å²) < 4.78 is 16.5. The second-order valence-corrected chi connectivity index (χ2v) is 6.91. The van der Waals surface area contributed by atoms with Crippen LogP contribution in [0.1, 0.15) is 26.7 Å². The molecule has 0 aliphatic carbocycles. The second-order valence-electron chi connectivity index (χ2n) is 6.91. The molecule has 3 amide bonds. The molecule has 0 aromatic heterocycles. The van der Waals surface area contributed by atoms with E-state index in [0.717, 1.165) is 12.1 Å². The summed E-state index contributed by atoms with van der Waals surface area (Å²) in [6, 6.07) is 4.97. The van der Waals surface area contributed by atoms with E-state index in [0.29, 0.717) is 44.4 Å². The summed E-state index contributed by atoms with van der Waals surface area (Å²) in [6.45, 7) is 6.55. The van der Waals surface area contributed by atoms with Crippen molar-refractivity contribution in [2.45, 2.75) is 38.8 Å². The van der Waals surface area contributed by atoms with Crippen LogP contribution in [0.2, 0.25) is 0 Å². The fourth-order valence-electron chi connectivity index (χ4n) is 3.08. The highest BCUT2D eigenvalue weighted by Crippen LogP contribution is 2.35. The van der Waals surface area contributed by atoms with Crippen molar-refractivity contribution in [1.82, 2.24) is 10.6 Å². The summed E-state index contributed by atoms with van der Waals surface area (Å²) >= 11 is 0. The van der Waals surface area contributed by atoms with E-state index in [2.05, 4.69) is 10.6 Å². The van der Waals surface area contributed by atoms with Crippen molar-refractivity contribution in [2.75, 3.05) is 37.8 Å². The Hall–Kier alpha value is -2.48. The van der Waals surface area contributed by atoms with Gasteiger partial charge in [-0.3, -0.25) is 4.79 Å². The van der Waals surface area contributed by atoms with Gasteiger partial charge in [-0.1, -0.05) is 0 Å². The number of nitrogens with zero attached hydrogens (tertiary/aromatic N) is 1. The first-order chi connectivity index (χ1) is 13.0. The van der Waals surface area contributed by atoms with Gasteiger partial charge in [0.1, 0.15) is 13.2 Å². The Labute approximate surface area is 159 Å². The zero-order valence-corrected chi connectivity index (χ0v) is 15.8. The third kappa shape index (κ3) is 5.26. The molecule has 8 nitrogen and oxygen atoms in total. The number of hydrogen-bond acceptors (Lipinski definition) is 5. The van der Waals surface area contributed by atoms with Crippen LogP contribution in [-0.2, 0) is 9.53 Å². The van der Waals surface area contributed by atoms with Gasteiger partial charge in [0.25, 0.3) is 0 Å². The average molecular weight is 377 g/mol. The Balaban J connectivity index is 1.47. The molecule has 1 aromatic carbocycles. The third-order valence-corrected chi connectivity index (χ3v) is 4.36. The van der Waals surface area contributed by atoms with Crippen LogP contribution in [0.25, 0.3) is 0 Å². The summed E-state index contributed by atoms with van der Waals surface area (Å²) in [4.78, 5) is 26.0. The summed E-state index contributed by atoms with van der Waals surface area (Å²) in [6.07, 6.45) is 1.21. The van der Waals surface area contributed by atoms with Gasteiger partial charge in [-0.15, -0.1) is 0 Å². The summed E-state index contributed by atoms with van der Waals surface area (Å²) in [5.74, 6) is 1.30. The van der Waals surface area contributed by atoms with Crippen LogP contribution in [0.4, 0.5) is 10.5 Å². The third-order valence-electron chi connectivity index (χ3n) is 4.36. The summed E-state index contributed by atoms with van der Waals surface area (Å²) in [5, 5.41) is 5.66. The first-order valence-corrected chi connectivity index (χ1v) is 9.39. The maximum Gasteiger partial charge on any atom is 0.315 e. The number of benzene rings is 1. The largest absolute Gasteiger partial charge is 0.486 e. The minimum atomic E-state index is -0.263. The molecule has 148 valence electrons. The van der Waals surface area contributed by atoms with Crippen molar-refractivity contribution >= 4 is 17.6 Å². The molecule has 1 fully saturated rings. The van der Waals surface area contributed by atoms with E-state index in [4.69, 9.17) is 14.2 Å². The minimum absolute atomic E-state index is 0.0256. The monoisotopic (exact) mass is 377 g/mol. The van der Waals surface area contributed by atoms with Crippen molar-refractivity contribution in [2.24, 2.45) is 0 Å². The number of rotatable bonds is 7. The van der Waals surface area contributed by atoms with Gasteiger partial charge in [0.05, 0.1) is 12.1 Å². The summed E-state index contributed by atoms with van der Waals surface area (Å²) in [7, 11) is 0. The van der Waals surface area contributed by atoms with E-state index in [1.165, 1.54) is 0 Å². The average Bonchev–Trinajstić information content (AvgIpc) is 3.00. The predicted octanol–water partition coefficient (Wildman–Crippen LogP) is 1.68. The lowest BCUT2D eigenvalue weighted by Gasteiger charge is -2.22. The normalized spacial score (nSPS) is 18.7. The Morgan fingerprint density at radius 3 is 2.85 bits per heavy atom. The molecule has 1 unspecified atom stereocenters. The number of fused-ring (bicyclic) bond motifs is 1. The highest BCUT2D eigenvalue weighted by molar-refractivity contribution is 5.97. The topological polar surface area (TPSA) is 89.1 Å².